The maximum atomic E-state index is 13.1. The average Bonchev–Trinajstić information content (AvgIpc) is 2.90. The van der Waals surface area contributed by atoms with Crippen LogP contribution in [0.2, 0.25) is 0 Å². The molecule has 19 heavy (non-hydrogen) atoms. The Morgan fingerprint density at radius 1 is 1.42 bits per heavy atom. The normalized spacial score (nSPS) is 19.1. The molecule has 2 heterocycles. The second kappa shape index (κ2) is 5.35. The summed E-state index contributed by atoms with van der Waals surface area (Å²) in [6, 6.07) is 6.33. The Labute approximate surface area is 114 Å². The summed E-state index contributed by atoms with van der Waals surface area (Å²) < 4.78 is 13.1. The molecule has 0 spiro atoms. The number of hydrogen-bond donors (Lipinski definition) is 2. The van der Waals surface area contributed by atoms with Crippen molar-refractivity contribution in [2.45, 2.75) is 19.0 Å². The van der Waals surface area contributed by atoms with E-state index < -0.39 is 0 Å². The summed E-state index contributed by atoms with van der Waals surface area (Å²) in [6.45, 7) is 0.647. The fourth-order valence-electron chi connectivity index (χ4n) is 2.32. The van der Waals surface area contributed by atoms with E-state index in [0.717, 1.165) is 11.4 Å². The summed E-state index contributed by atoms with van der Waals surface area (Å²) >= 11 is 1.95. The topological polar surface area (TPSA) is 44.9 Å². The van der Waals surface area contributed by atoms with Gasteiger partial charge in [-0.05, 0) is 30.4 Å². The Hall–Kier alpha value is -1.33. The second-order valence-electron chi connectivity index (χ2n) is 4.79. The maximum Gasteiger partial charge on any atom is 0.189 e. The third-order valence-corrected chi connectivity index (χ3v) is 4.52. The number of aromatic amines is 1. The van der Waals surface area contributed by atoms with Crippen LogP contribution in [0.25, 0.3) is 10.9 Å². The molecule has 3 nitrogen and oxygen atoms in total. The molecule has 0 radical (unpaired) electrons. The minimum atomic E-state index is -0.383. The Balaban J connectivity index is 1.84. The molecular weight excluding hydrogens is 263 g/mol. The van der Waals surface area contributed by atoms with Crippen molar-refractivity contribution in [1.82, 2.24) is 10.3 Å². The fourth-order valence-corrected chi connectivity index (χ4v) is 3.51. The van der Waals surface area contributed by atoms with Crippen molar-refractivity contribution in [3.8, 4) is 0 Å². The fraction of sp³-hybridized carbons (Fsp3) is 0.357. The van der Waals surface area contributed by atoms with Crippen LogP contribution in [0.4, 0.5) is 4.39 Å². The van der Waals surface area contributed by atoms with Crippen molar-refractivity contribution >= 4 is 22.7 Å². The summed E-state index contributed by atoms with van der Waals surface area (Å²) in [5, 5.41) is 3.84. The van der Waals surface area contributed by atoms with Gasteiger partial charge in [-0.3, -0.25) is 4.79 Å². The molecule has 1 saturated heterocycles. The van der Waals surface area contributed by atoms with E-state index in [1.807, 2.05) is 11.8 Å². The third kappa shape index (κ3) is 2.82. The SMILES string of the molecule is O=c1cc(CNC2CCSC2)[nH]c2ccc(F)cc12. The van der Waals surface area contributed by atoms with Gasteiger partial charge >= 0.3 is 0 Å². The number of hydrogen-bond acceptors (Lipinski definition) is 3. The maximum absolute atomic E-state index is 13.1. The van der Waals surface area contributed by atoms with E-state index in [1.54, 1.807) is 12.1 Å². The molecule has 1 aromatic carbocycles. The Morgan fingerprint density at radius 3 is 3.11 bits per heavy atom. The van der Waals surface area contributed by atoms with Gasteiger partial charge in [-0.15, -0.1) is 0 Å². The van der Waals surface area contributed by atoms with E-state index in [1.165, 1.54) is 24.3 Å². The predicted octanol–water partition coefficient (Wildman–Crippen LogP) is 2.26. The summed E-state index contributed by atoms with van der Waals surface area (Å²) in [4.78, 5) is 15.1. The molecule has 1 aromatic heterocycles. The van der Waals surface area contributed by atoms with Crippen molar-refractivity contribution in [2.75, 3.05) is 11.5 Å². The van der Waals surface area contributed by atoms with Crippen molar-refractivity contribution in [3.05, 3.63) is 46.0 Å². The van der Waals surface area contributed by atoms with E-state index in [-0.39, 0.29) is 11.2 Å². The van der Waals surface area contributed by atoms with Crippen LogP contribution in [0, 0.1) is 5.82 Å². The molecule has 1 aliphatic heterocycles. The van der Waals surface area contributed by atoms with Crippen LogP contribution in [0.5, 0.6) is 0 Å². The number of rotatable bonds is 3. The first-order valence-corrected chi connectivity index (χ1v) is 7.50. The van der Waals surface area contributed by atoms with Crippen molar-refractivity contribution < 1.29 is 4.39 Å². The molecule has 2 N–H and O–H groups in total. The van der Waals surface area contributed by atoms with E-state index in [0.29, 0.717) is 23.5 Å². The van der Waals surface area contributed by atoms with Gasteiger partial charge in [-0.25, -0.2) is 4.39 Å². The Bertz CT molecular complexity index is 649. The van der Waals surface area contributed by atoms with E-state index >= 15 is 0 Å². The summed E-state index contributed by atoms with van der Waals surface area (Å²) in [5.74, 6) is 1.95. The molecule has 1 atom stereocenters. The van der Waals surface area contributed by atoms with Crippen LogP contribution >= 0.6 is 11.8 Å². The molecule has 0 saturated carbocycles. The molecule has 0 amide bonds. The highest BCUT2D eigenvalue weighted by atomic mass is 32.2. The standard InChI is InChI=1S/C14H15FN2OS/c15-9-1-2-13-12(5-9)14(18)6-11(17-13)7-16-10-3-4-19-8-10/h1-2,5-6,10,16H,3-4,7-8H2,(H,17,18). The first-order chi connectivity index (χ1) is 9.22. The Morgan fingerprint density at radius 2 is 2.32 bits per heavy atom. The van der Waals surface area contributed by atoms with Crippen LogP contribution in [-0.2, 0) is 6.54 Å². The van der Waals surface area contributed by atoms with Gasteiger partial charge in [-0.1, -0.05) is 0 Å². The van der Waals surface area contributed by atoms with Gasteiger partial charge in [0.05, 0.1) is 0 Å². The van der Waals surface area contributed by atoms with Crippen LogP contribution in [0.1, 0.15) is 12.1 Å². The summed E-state index contributed by atoms with van der Waals surface area (Å²) in [6.07, 6.45) is 1.17. The van der Waals surface area contributed by atoms with E-state index in [4.69, 9.17) is 0 Å². The number of thioether (sulfide) groups is 1. The largest absolute Gasteiger partial charge is 0.357 e. The van der Waals surface area contributed by atoms with Gasteiger partial charge in [0.1, 0.15) is 5.82 Å². The molecule has 1 aliphatic rings. The van der Waals surface area contributed by atoms with Gasteiger partial charge < -0.3 is 10.3 Å². The lowest BCUT2D eigenvalue weighted by molar-refractivity contribution is 0.552. The van der Waals surface area contributed by atoms with Gasteiger partial charge in [0.25, 0.3) is 0 Å². The lowest BCUT2D eigenvalue weighted by Gasteiger charge is -2.11. The van der Waals surface area contributed by atoms with Crippen LogP contribution in [0.15, 0.2) is 29.1 Å². The highest BCUT2D eigenvalue weighted by molar-refractivity contribution is 7.99. The van der Waals surface area contributed by atoms with Gasteiger partial charge in [0, 0.05) is 41.0 Å². The van der Waals surface area contributed by atoms with E-state index in [9.17, 15) is 9.18 Å². The molecule has 1 fully saturated rings. The molecule has 0 aliphatic carbocycles. The highest BCUT2D eigenvalue weighted by Gasteiger charge is 2.14. The Kier molecular flexibility index (Phi) is 3.57. The van der Waals surface area contributed by atoms with Crippen LogP contribution in [0.3, 0.4) is 0 Å². The molecular formula is C14H15FN2OS. The van der Waals surface area contributed by atoms with Crippen molar-refractivity contribution in [2.24, 2.45) is 0 Å². The summed E-state index contributed by atoms with van der Waals surface area (Å²) in [7, 11) is 0. The monoisotopic (exact) mass is 278 g/mol. The van der Waals surface area contributed by atoms with Crippen LogP contribution < -0.4 is 10.7 Å². The van der Waals surface area contributed by atoms with Gasteiger partial charge in [0.15, 0.2) is 5.43 Å². The smallest absolute Gasteiger partial charge is 0.189 e. The lowest BCUT2D eigenvalue weighted by Crippen LogP contribution is -2.28. The number of halogens is 1. The number of benzene rings is 1. The summed E-state index contributed by atoms with van der Waals surface area (Å²) in [5.41, 5.74) is 1.40. The molecule has 1 unspecified atom stereocenters. The number of fused-ring (bicyclic) bond motifs is 1. The second-order valence-corrected chi connectivity index (χ2v) is 5.94. The molecule has 5 heteroatoms. The number of pyridine rings is 1. The van der Waals surface area contributed by atoms with Crippen LogP contribution in [-0.4, -0.2) is 22.5 Å². The van der Waals surface area contributed by atoms with Crippen molar-refractivity contribution in [1.29, 1.82) is 0 Å². The van der Waals surface area contributed by atoms with Gasteiger partial charge in [0.2, 0.25) is 0 Å². The third-order valence-electron chi connectivity index (χ3n) is 3.36. The molecule has 3 rings (SSSR count). The zero-order valence-electron chi connectivity index (χ0n) is 10.4. The number of nitrogens with one attached hydrogen (secondary N) is 2. The molecule has 0 bridgehead atoms. The quantitative estimate of drug-likeness (QED) is 0.905. The zero-order chi connectivity index (χ0) is 13.2. The minimum Gasteiger partial charge on any atom is -0.357 e. The average molecular weight is 278 g/mol. The van der Waals surface area contributed by atoms with Crippen molar-refractivity contribution in [3.63, 3.8) is 0 Å². The number of aromatic nitrogens is 1. The molecule has 2 aromatic rings. The predicted molar refractivity (Wildman–Crippen MR) is 77.1 cm³/mol. The number of H-pyrrole nitrogens is 1. The lowest BCUT2D eigenvalue weighted by atomic mass is 10.2. The zero-order valence-corrected chi connectivity index (χ0v) is 11.2. The van der Waals surface area contributed by atoms with E-state index in [2.05, 4.69) is 10.3 Å². The first kappa shape index (κ1) is 12.7. The highest BCUT2D eigenvalue weighted by Crippen LogP contribution is 2.17. The minimum absolute atomic E-state index is 0.133. The molecule has 100 valence electrons. The first-order valence-electron chi connectivity index (χ1n) is 6.35. The van der Waals surface area contributed by atoms with Gasteiger partial charge in [-0.2, -0.15) is 11.8 Å².